The fourth-order valence-electron chi connectivity index (χ4n) is 1.71. The third-order valence-corrected chi connectivity index (χ3v) is 8.62. The number of methoxy groups -OCH3 is 1. The summed E-state index contributed by atoms with van der Waals surface area (Å²) in [7, 11) is -0.299. The monoisotopic (exact) mass is 285 g/mol. The van der Waals surface area contributed by atoms with Crippen molar-refractivity contribution in [2.75, 3.05) is 20.3 Å². The van der Waals surface area contributed by atoms with Crippen LogP contribution in [0.25, 0.3) is 0 Å². The highest BCUT2D eigenvalue weighted by Crippen LogP contribution is 2.36. The SMILES string of the molecule is COC(=O)C1=CCN[C@H](CO[Si](C)(C)C(C)(C)C)C1. The molecule has 1 N–H and O–H groups in total. The molecule has 1 rings (SSSR count). The van der Waals surface area contributed by atoms with Gasteiger partial charge in [0.25, 0.3) is 0 Å². The number of rotatable bonds is 4. The molecule has 0 saturated carbocycles. The molecule has 1 atom stereocenters. The van der Waals surface area contributed by atoms with Gasteiger partial charge in [0.15, 0.2) is 8.32 Å². The van der Waals surface area contributed by atoms with Crippen molar-refractivity contribution in [3.05, 3.63) is 11.6 Å². The molecular formula is C14H27NO3Si. The maximum atomic E-state index is 11.5. The van der Waals surface area contributed by atoms with Gasteiger partial charge in [-0.25, -0.2) is 4.79 Å². The van der Waals surface area contributed by atoms with Gasteiger partial charge in [-0.05, 0) is 24.6 Å². The molecule has 1 aliphatic rings. The molecule has 110 valence electrons. The first-order valence-corrected chi connectivity index (χ1v) is 9.73. The highest BCUT2D eigenvalue weighted by molar-refractivity contribution is 6.74. The molecule has 0 fully saturated rings. The van der Waals surface area contributed by atoms with Crippen molar-refractivity contribution >= 4 is 14.3 Å². The van der Waals surface area contributed by atoms with E-state index in [9.17, 15) is 4.79 Å². The summed E-state index contributed by atoms with van der Waals surface area (Å²) in [4.78, 5) is 11.5. The second kappa shape index (κ2) is 6.20. The van der Waals surface area contributed by atoms with Crippen LogP contribution in [0.5, 0.6) is 0 Å². The van der Waals surface area contributed by atoms with E-state index < -0.39 is 8.32 Å². The minimum Gasteiger partial charge on any atom is -0.466 e. The normalized spacial score (nSPS) is 20.9. The zero-order valence-corrected chi connectivity index (χ0v) is 14.0. The molecule has 0 aromatic heterocycles. The lowest BCUT2D eigenvalue weighted by Crippen LogP contribution is -2.46. The quantitative estimate of drug-likeness (QED) is 0.637. The largest absolute Gasteiger partial charge is 0.466 e. The average molecular weight is 285 g/mol. The molecule has 0 amide bonds. The van der Waals surface area contributed by atoms with E-state index in [1.807, 2.05) is 6.08 Å². The van der Waals surface area contributed by atoms with Crippen LogP contribution in [0.1, 0.15) is 27.2 Å². The van der Waals surface area contributed by atoms with Crippen LogP contribution in [0.3, 0.4) is 0 Å². The predicted molar refractivity (Wildman–Crippen MR) is 79.7 cm³/mol. The molecule has 0 radical (unpaired) electrons. The molecule has 4 nitrogen and oxygen atoms in total. The first-order chi connectivity index (χ1) is 8.67. The number of nitrogens with one attached hydrogen (secondary N) is 1. The Morgan fingerprint density at radius 1 is 1.47 bits per heavy atom. The van der Waals surface area contributed by atoms with Gasteiger partial charge in [0.05, 0.1) is 7.11 Å². The van der Waals surface area contributed by atoms with Crippen molar-refractivity contribution in [2.24, 2.45) is 0 Å². The molecule has 0 aromatic rings. The van der Waals surface area contributed by atoms with Gasteiger partial charge in [-0.3, -0.25) is 0 Å². The van der Waals surface area contributed by atoms with Gasteiger partial charge in [-0.1, -0.05) is 26.8 Å². The van der Waals surface area contributed by atoms with Crippen LogP contribution in [0.2, 0.25) is 18.1 Å². The van der Waals surface area contributed by atoms with Gasteiger partial charge >= 0.3 is 5.97 Å². The molecule has 0 spiro atoms. The zero-order valence-electron chi connectivity index (χ0n) is 13.0. The number of carbonyl (C=O) groups excluding carboxylic acids is 1. The molecule has 1 aliphatic heterocycles. The Morgan fingerprint density at radius 2 is 2.11 bits per heavy atom. The first kappa shape index (κ1) is 16.4. The topological polar surface area (TPSA) is 47.6 Å². The summed E-state index contributed by atoms with van der Waals surface area (Å²) >= 11 is 0. The Labute approximate surface area is 117 Å². The molecule has 19 heavy (non-hydrogen) atoms. The van der Waals surface area contributed by atoms with E-state index in [4.69, 9.17) is 9.16 Å². The standard InChI is InChI=1S/C14H27NO3Si/c1-14(2,3)19(5,6)18-10-12-9-11(7-8-15-12)13(16)17-4/h7,12,15H,8-10H2,1-6H3/t12-/m0/s1. The number of hydrogen-bond acceptors (Lipinski definition) is 4. The maximum Gasteiger partial charge on any atom is 0.333 e. The van der Waals surface area contributed by atoms with E-state index in [0.29, 0.717) is 19.6 Å². The summed E-state index contributed by atoms with van der Waals surface area (Å²) in [6.45, 7) is 12.5. The van der Waals surface area contributed by atoms with Crippen molar-refractivity contribution in [1.82, 2.24) is 5.32 Å². The second-order valence-corrected chi connectivity index (χ2v) is 11.4. The highest BCUT2D eigenvalue weighted by Gasteiger charge is 2.37. The Kier molecular flexibility index (Phi) is 5.35. The smallest absolute Gasteiger partial charge is 0.333 e. The van der Waals surface area contributed by atoms with Crippen LogP contribution < -0.4 is 5.32 Å². The second-order valence-electron chi connectivity index (χ2n) is 6.60. The molecule has 1 heterocycles. The van der Waals surface area contributed by atoms with E-state index in [1.54, 1.807) is 0 Å². The predicted octanol–water partition coefficient (Wildman–Crippen LogP) is 2.47. The summed E-state index contributed by atoms with van der Waals surface area (Å²) in [6, 6.07) is 0.202. The molecular weight excluding hydrogens is 258 g/mol. The molecule has 0 aromatic carbocycles. The number of ether oxygens (including phenoxy) is 1. The van der Waals surface area contributed by atoms with Gasteiger partial charge < -0.3 is 14.5 Å². The summed E-state index contributed by atoms with van der Waals surface area (Å²) in [5.41, 5.74) is 0.755. The maximum absolute atomic E-state index is 11.5. The van der Waals surface area contributed by atoms with Gasteiger partial charge in [-0.15, -0.1) is 0 Å². The summed E-state index contributed by atoms with van der Waals surface area (Å²) < 4.78 is 11.0. The fourth-order valence-corrected chi connectivity index (χ4v) is 2.76. The molecule has 0 unspecified atom stereocenters. The third kappa shape index (κ3) is 4.44. The Hall–Kier alpha value is -0.653. The van der Waals surface area contributed by atoms with Crippen molar-refractivity contribution in [1.29, 1.82) is 0 Å². The lowest BCUT2D eigenvalue weighted by molar-refractivity contribution is -0.136. The van der Waals surface area contributed by atoms with Crippen LogP contribution in [0, 0.1) is 0 Å². The van der Waals surface area contributed by atoms with Crippen LogP contribution in [0.15, 0.2) is 11.6 Å². The lowest BCUT2D eigenvalue weighted by Gasteiger charge is -2.37. The van der Waals surface area contributed by atoms with Crippen molar-refractivity contribution < 1.29 is 14.0 Å². The molecule has 0 saturated heterocycles. The summed E-state index contributed by atoms with van der Waals surface area (Å²) in [5.74, 6) is -0.223. The van der Waals surface area contributed by atoms with E-state index >= 15 is 0 Å². The number of hydrogen-bond donors (Lipinski definition) is 1. The third-order valence-electron chi connectivity index (χ3n) is 4.12. The van der Waals surface area contributed by atoms with Crippen molar-refractivity contribution in [2.45, 2.75) is 51.4 Å². The van der Waals surface area contributed by atoms with Gasteiger partial charge in [-0.2, -0.15) is 0 Å². The number of carbonyl (C=O) groups is 1. The van der Waals surface area contributed by atoms with Crippen molar-refractivity contribution in [3.63, 3.8) is 0 Å². The minimum absolute atomic E-state index is 0.202. The Bertz CT molecular complexity index is 358. The Balaban J connectivity index is 2.52. The molecule has 5 heteroatoms. The van der Waals surface area contributed by atoms with Crippen LogP contribution in [-0.2, 0) is 14.0 Å². The van der Waals surface area contributed by atoms with Crippen LogP contribution in [0.4, 0.5) is 0 Å². The Morgan fingerprint density at radius 3 is 2.63 bits per heavy atom. The van der Waals surface area contributed by atoms with Crippen LogP contribution in [-0.4, -0.2) is 40.6 Å². The van der Waals surface area contributed by atoms with Crippen LogP contribution >= 0.6 is 0 Å². The average Bonchev–Trinajstić information content (AvgIpc) is 2.34. The van der Waals surface area contributed by atoms with Gasteiger partial charge in [0.2, 0.25) is 0 Å². The number of esters is 1. The first-order valence-electron chi connectivity index (χ1n) is 6.82. The molecule has 0 bridgehead atoms. The lowest BCUT2D eigenvalue weighted by atomic mass is 10.0. The summed E-state index contributed by atoms with van der Waals surface area (Å²) in [6.07, 6.45) is 2.58. The van der Waals surface area contributed by atoms with Gasteiger partial charge in [0, 0.05) is 24.8 Å². The summed E-state index contributed by atoms with van der Waals surface area (Å²) in [5, 5.41) is 3.58. The van der Waals surface area contributed by atoms with E-state index in [2.05, 4.69) is 39.2 Å². The minimum atomic E-state index is -1.72. The van der Waals surface area contributed by atoms with E-state index in [1.165, 1.54) is 7.11 Å². The van der Waals surface area contributed by atoms with E-state index in [-0.39, 0.29) is 17.0 Å². The van der Waals surface area contributed by atoms with Gasteiger partial charge in [0.1, 0.15) is 0 Å². The highest BCUT2D eigenvalue weighted by atomic mass is 28.4. The zero-order chi connectivity index (χ0) is 14.7. The molecule has 0 aliphatic carbocycles. The van der Waals surface area contributed by atoms with E-state index in [0.717, 1.165) is 5.57 Å². The van der Waals surface area contributed by atoms with Crippen molar-refractivity contribution in [3.8, 4) is 0 Å². The fraction of sp³-hybridized carbons (Fsp3) is 0.786.